The van der Waals surface area contributed by atoms with Gasteiger partial charge in [-0.2, -0.15) is 0 Å². The number of hydrogen-bond donors (Lipinski definition) is 1. The van der Waals surface area contributed by atoms with Crippen LogP contribution >= 0.6 is 0 Å². The molecule has 6 nitrogen and oxygen atoms in total. The molecule has 0 aliphatic heterocycles. The van der Waals surface area contributed by atoms with Crippen molar-refractivity contribution in [3.63, 3.8) is 0 Å². The zero-order valence-electron chi connectivity index (χ0n) is 8.85. The van der Waals surface area contributed by atoms with Gasteiger partial charge in [0.15, 0.2) is 5.82 Å². The molecule has 0 unspecified atom stereocenters. The predicted molar refractivity (Wildman–Crippen MR) is 53.5 cm³/mol. The van der Waals surface area contributed by atoms with Crippen LogP contribution in [0.15, 0.2) is 0 Å². The van der Waals surface area contributed by atoms with E-state index in [9.17, 15) is 0 Å². The van der Waals surface area contributed by atoms with Gasteiger partial charge in [0.2, 0.25) is 0 Å². The van der Waals surface area contributed by atoms with Crippen LogP contribution in [0.4, 0.5) is 0 Å². The van der Waals surface area contributed by atoms with Gasteiger partial charge in [0.05, 0.1) is 6.54 Å². The summed E-state index contributed by atoms with van der Waals surface area (Å²) in [6, 6.07) is 0. The summed E-state index contributed by atoms with van der Waals surface area (Å²) in [5, 5.41) is 11.6. The fourth-order valence-corrected chi connectivity index (χ4v) is 1.20. The molecule has 1 rings (SSSR count). The van der Waals surface area contributed by atoms with Crippen molar-refractivity contribution in [3.8, 4) is 0 Å². The molecule has 0 aromatic carbocycles. The topological polar surface area (TPSA) is 72.9 Å². The van der Waals surface area contributed by atoms with E-state index in [2.05, 4.69) is 15.5 Å². The van der Waals surface area contributed by atoms with Gasteiger partial charge in [0, 0.05) is 6.54 Å². The molecule has 1 aromatic heterocycles. The first-order valence-corrected chi connectivity index (χ1v) is 4.84. The minimum atomic E-state index is 0.727. The molecule has 0 bridgehead atoms. The number of tetrazole rings is 1. The molecular weight excluding hydrogens is 180 g/mol. The highest BCUT2D eigenvalue weighted by atomic mass is 15.5. The van der Waals surface area contributed by atoms with Gasteiger partial charge in [0.25, 0.3) is 0 Å². The van der Waals surface area contributed by atoms with E-state index in [0.717, 1.165) is 38.3 Å². The molecule has 0 radical (unpaired) electrons. The van der Waals surface area contributed by atoms with E-state index in [0.29, 0.717) is 0 Å². The molecule has 0 atom stereocenters. The van der Waals surface area contributed by atoms with Crippen molar-refractivity contribution >= 4 is 0 Å². The Morgan fingerprint density at radius 3 is 2.79 bits per heavy atom. The molecule has 0 saturated heterocycles. The number of nitrogens with two attached hydrogens (primary N) is 1. The third-order valence-corrected chi connectivity index (χ3v) is 1.89. The fraction of sp³-hybridized carbons (Fsp3) is 0.875. The Hall–Kier alpha value is -1.01. The third kappa shape index (κ3) is 3.39. The Labute approximate surface area is 84.1 Å². The van der Waals surface area contributed by atoms with Crippen molar-refractivity contribution in [1.29, 1.82) is 0 Å². The normalized spacial score (nSPS) is 11.1. The second kappa shape index (κ2) is 5.66. The smallest absolute Gasteiger partial charge is 0.165 e. The van der Waals surface area contributed by atoms with Gasteiger partial charge >= 0.3 is 0 Å². The van der Waals surface area contributed by atoms with Gasteiger partial charge in [-0.15, -0.1) is 5.10 Å². The Balaban J connectivity index is 2.45. The lowest BCUT2D eigenvalue weighted by atomic mass is 10.3. The highest BCUT2D eigenvalue weighted by Crippen LogP contribution is 1.98. The van der Waals surface area contributed by atoms with Gasteiger partial charge in [0.1, 0.15) is 0 Å². The van der Waals surface area contributed by atoms with Gasteiger partial charge in [-0.25, -0.2) is 4.68 Å². The second-order valence-electron chi connectivity index (χ2n) is 3.55. The zero-order valence-corrected chi connectivity index (χ0v) is 8.85. The maximum Gasteiger partial charge on any atom is 0.165 e. The van der Waals surface area contributed by atoms with Crippen molar-refractivity contribution < 1.29 is 0 Å². The van der Waals surface area contributed by atoms with Crippen LogP contribution in [0.3, 0.4) is 0 Å². The van der Waals surface area contributed by atoms with Gasteiger partial charge in [-0.05, 0) is 43.9 Å². The molecule has 0 fully saturated rings. The number of aryl methyl sites for hydroxylation is 1. The number of unbranched alkanes of at least 4 members (excludes halogenated alkanes) is 1. The van der Waals surface area contributed by atoms with Crippen molar-refractivity contribution in [2.45, 2.75) is 25.9 Å². The number of rotatable bonds is 6. The lowest BCUT2D eigenvalue weighted by molar-refractivity contribution is 0.373. The van der Waals surface area contributed by atoms with Gasteiger partial charge < -0.3 is 10.6 Å². The van der Waals surface area contributed by atoms with Crippen LogP contribution < -0.4 is 5.73 Å². The first kappa shape index (κ1) is 11.1. The van der Waals surface area contributed by atoms with E-state index in [-0.39, 0.29) is 0 Å². The highest BCUT2D eigenvalue weighted by molar-refractivity contribution is 4.79. The standard InChI is InChI=1S/C8H18N6/c1-13(2)7-8-10-11-12-14(8)6-4-3-5-9/h3-7,9H2,1-2H3. The lowest BCUT2D eigenvalue weighted by Crippen LogP contribution is -2.16. The quantitative estimate of drug-likeness (QED) is 0.622. The molecule has 0 amide bonds. The Morgan fingerprint density at radius 2 is 2.14 bits per heavy atom. The fourth-order valence-electron chi connectivity index (χ4n) is 1.20. The van der Waals surface area contributed by atoms with Crippen LogP contribution in [0.1, 0.15) is 18.7 Å². The van der Waals surface area contributed by atoms with Crippen molar-refractivity contribution in [2.75, 3.05) is 20.6 Å². The van der Waals surface area contributed by atoms with Crippen LogP contribution in [0.25, 0.3) is 0 Å². The Morgan fingerprint density at radius 1 is 1.36 bits per heavy atom. The molecule has 6 heteroatoms. The zero-order chi connectivity index (χ0) is 10.4. The summed E-state index contributed by atoms with van der Waals surface area (Å²) in [5.41, 5.74) is 5.42. The van der Waals surface area contributed by atoms with Crippen LogP contribution in [-0.2, 0) is 13.1 Å². The molecule has 0 aliphatic carbocycles. The molecule has 1 heterocycles. The van der Waals surface area contributed by atoms with Gasteiger partial charge in [-0.1, -0.05) is 0 Å². The first-order chi connectivity index (χ1) is 6.74. The summed E-state index contributed by atoms with van der Waals surface area (Å²) in [6.45, 7) is 2.36. The number of nitrogens with zero attached hydrogens (tertiary/aromatic N) is 5. The summed E-state index contributed by atoms with van der Waals surface area (Å²) in [5.74, 6) is 0.909. The summed E-state index contributed by atoms with van der Waals surface area (Å²) in [4.78, 5) is 2.05. The van der Waals surface area contributed by atoms with E-state index in [1.807, 2.05) is 23.7 Å². The van der Waals surface area contributed by atoms with E-state index in [1.54, 1.807) is 0 Å². The van der Waals surface area contributed by atoms with E-state index >= 15 is 0 Å². The molecule has 0 saturated carbocycles. The SMILES string of the molecule is CN(C)Cc1nnnn1CCCCN. The molecule has 80 valence electrons. The maximum absolute atomic E-state index is 5.42. The molecule has 14 heavy (non-hydrogen) atoms. The monoisotopic (exact) mass is 198 g/mol. The van der Waals surface area contributed by atoms with Crippen LogP contribution in [0, 0.1) is 0 Å². The van der Waals surface area contributed by atoms with Gasteiger partial charge in [-0.3, -0.25) is 0 Å². The minimum absolute atomic E-state index is 0.727. The molecular formula is C8H18N6. The predicted octanol–water partition coefficient (Wildman–Crippen LogP) is -0.526. The summed E-state index contributed by atoms with van der Waals surface area (Å²) in [6.07, 6.45) is 2.04. The Kier molecular flexibility index (Phi) is 4.48. The summed E-state index contributed by atoms with van der Waals surface area (Å²) < 4.78 is 1.84. The maximum atomic E-state index is 5.42. The molecule has 1 aromatic rings. The van der Waals surface area contributed by atoms with Crippen LogP contribution in [0.5, 0.6) is 0 Å². The lowest BCUT2D eigenvalue weighted by Gasteiger charge is -2.08. The average molecular weight is 198 g/mol. The average Bonchev–Trinajstić information content (AvgIpc) is 2.52. The first-order valence-electron chi connectivity index (χ1n) is 4.84. The largest absolute Gasteiger partial charge is 0.330 e. The van der Waals surface area contributed by atoms with Crippen molar-refractivity contribution in [3.05, 3.63) is 5.82 Å². The highest BCUT2D eigenvalue weighted by Gasteiger charge is 2.05. The van der Waals surface area contributed by atoms with Crippen LogP contribution in [-0.4, -0.2) is 45.7 Å². The van der Waals surface area contributed by atoms with Crippen LogP contribution in [0.2, 0.25) is 0 Å². The van der Waals surface area contributed by atoms with Crippen molar-refractivity contribution in [1.82, 2.24) is 25.1 Å². The molecule has 2 N–H and O–H groups in total. The van der Waals surface area contributed by atoms with Crippen molar-refractivity contribution in [2.24, 2.45) is 5.73 Å². The third-order valence-electron chi connectivity index (χ3n) is 1.89. The van der Waals surface area contributed by atoms with E-state index in [1.165, 1.54) is 0 Å². The molecule has 0 spiro atoms. The van der Waals surface area contributed by atoms with E-state index < -0.39 is 0 Å². The number of aromatic nitrogens is 4. The number of hydrogen-bond acceptors (Lipinski definition) is 5. The van der Waals surface area contributed by atoms with E-state index in [4.69, 9.17) is 5.73 Å². The molecule has 0 aliphatic rings. The second-order valence-corrected chi connectivity index (χ2v) is 3.55. The minimum Gasteiger partial charge on any atom is -0.330 e. The Bertz CT molecular complexity index is 256. The summed E-state index contributed by atoms with van der Waals surface area (Å²) >= 11 is 0. The summed E-state index contributed by atoms with van der Waals surface area (Å²) in [7, 11) is 4.00.